The van der Waals surface area contributed by atoms with Gasteiger partial charge in [0.25, 0.3) is 5.91 Å². The highest BCUT2D eigenvalue weighted by atomic mass is 16.5. The van der Waals surface area contributed by atoms with Crippen LogP contribution in [-0.4, -0.2) is 57.1 Å². The van der Waals surface area contributed by atoms with Crippen molar-refractivity contribution in [2.75, 3.05) is 25.0 Å². The monoisotopic (exact) mass is 325 g/mol. The lowest BCUT2D eigenvalue weighted by molar-refractivity contribution is 0.0124. The lowest BCUT2D eigenvalue weighted by atomic mass is 9.97. The molecule has 2 aromatic rings. The average molecular weight is 325 g/mol. The molecule has 7 nitrogen and oxygen atoms in total. The molecule has 2 aliphatic heterocycles. The summed E-state index contributed by atoms with van der Waals surface area (Å²) < 4.78 is 6.07. The van der Waals surface area contributed by atoms with Gasteiger partial charge in [0.05, 0.1) is 24.8 Å². The van der Waals surface area contributed by atoms with Crippen LogP contribution in [0.4, 0.5) is 5.95 Å². The summed E-state index contributed by atoms with van der Waals surface area (Å²) in [4.78, 5) is 26.9. The molecule has 2 aliphatic rings. The maximum atomic E-state index is 12.5. The summed E-state index contributed by atoms with van der Waals surface area (Å²) >= 11 is 0. The smallest absolute Gasteiger partial charge is 0.272 e. The number of rotatable bonds is 3. The van der Waals surface area contributed by atoms with Gasteiger partial charge < -0.3 is 15.0 Å². The van der Waals surface area contributed by atoms with Crippen LogP contribution in [-0.2, 0) is 4.74 Å². The van der Waals surface area contributed by atoms with E-state index in [0.29, 0.717) is 31.3 Å². The third-order valence-corrected chi connectivity index (χ3v) is 4.60. The number of carbonyl (C=O) groups excluding carboxylic acids is 1. The molecule has 2 saturated heterocycles. The summed E-state index contributed by atoms with van der Waals surface area (Å²) in [5.41, 5.74) is 0.219. The van der Waals surface area contributed by atoms with E-state index >= 15 is 0 Å². The van der Waals surface area contributed by atoms with E-state index in [0.717, 1.165) is 12.8 Å². The topological polar surface area (TPSA) is 80.2 Å². The summed E-state index contributed by atoms with van der Waals surface area (Å²) in [6.45, 7) is 1.91. The minimum absolute atomic E-state index is 0.0288. The number of hydrogen-bond donors (Lipinski definition) is 1. The van der Waals surface area contributed by atoms with Crippen LogP contribution in [0, 0.1) is 0 Å². The lowest BCUT2D eigenvalue weighted by Crippen LogP contribution is -2.36. The highest BCUT2D eigenvalue weighted by molar-refractivity contribution is 5.92. The Morgan fingerprint density at radius 1 is 1.21 bits per heavy atom. The van der Waals surface area contributed by atoms with E-state index in [9.17, 15) is 4.79 Å². The number of carbonyl (C=O) groups is 1. The number of pyridine rings is 1. The molecule has 4 heterocycles. The molecule has 2 aromatic heterocycles. The average Bonchev–Trinajstić information content (AvgIpc) is 3.23. The second-order valence-corrected chi connectivity index (χ2v) is 6.30. The Labute approximate surface area is 140 Å². The second kappa shape index (κ2) is 6.16. The molecule has 2 fully saturated rings. The van der Waals surface area contributed by atoms with Crippen molar-refractivity contribution in [1.29, 1.82) is 0 Å². The predicted octanol–water partition coefficient (Wildman–Crippen LogP) is 1.36. The molecule has 0 aliphatic carbocycles. The fourth-order valence-electron chi connectivity index (χ4n) is 3.45. The van der Waals surface area contributed by atoms with Gasteiger partial charge in [-0.05, 0) is 24.6 Å². The molecule has 0 unspecified atom stereocenters. The fourth-order valence-corrected chi connectivity index (χ4v) is 3.45. The minimum Gasteiger partial charge on any atom is -0.371 e. The molecule has 24 heavy (non-hydrogen) atoms. The normalized spacial score (nSPS) is 26.0. The summed E-state index contributed by atoms with van der Waals surface area (Å²) in [6, 6.07) is 7.34. The van der Waals surface area contributed by atoms with Crippen LogP contribution in [0.3, 0.4) is 0 Å². The summed E-state index contributed by atoms with van der Waals surface area (Å²) in [5, 5.41) is 3.30. The molecule has 0 aromatic carbocycles. The molecule has 4 rings (SSSR count). The van der Waals surface area contributed by atoms with E-state index < -0.39 is 0 Å². The Morgan fingerprint density at radius 3 is 2.83 bits per heavy atom. The second-order valence-electron chi connectivity index (χ2n) is 6.30. The first-order valence-electron chi connectivity index (χ1n) is 8.12. The van der Waals surface area contributed by atoms with Gasteiger partial charge in [-0.1, -0.05) is 6.07 Å². The van der Waals surface area contributed by atoms with E-state index in [4.69, 9.17) is 4.74 Å². The van der Waals surface area contributed by atoms with Crippen molar-refractivity contribution in [3.05, 3.63) is 48.5 Å². The van der Waals surface area contributed by atoms with E-state index in [1.165, 1.54) is 0 Å². The van der Waals surface area contributed by atoms with E-state index in [1.807, 2.05) is 17.0 Å². The van der Waals surface area contributed by atoms with Crippen molar-refractivity contribution in [1.82, 2.24) is 19.9 Å². The van der Waals surface area contributed by atoms with E-state index in [-0.39, 0.29) is 17.6 Å². The van der Waals surface area contributed by atoms with Crippen molar-refractivity contribution >= 4 is 11.9 Å². The van der Waals surface area contributed by atoms with Gasteiger partial charge in [0.1, 0.15) is 5.69 Å². The van der Waals surface area contributed by atoms with Gasteiger partial charge in [0.15, 0.2) is 0 Å². The van der Waals surface area contributed by atoms with Crippen molar-refractivity contribution in [3.63, 3.8) is 0 Å². The number of nitrogens with zero attached hydrogens (tertiary/aromatic N) is 4. The zero-order chi connectivity index (χ0) is 16.4. The maximum absolute atomic E-state index is 12.5. The molecule has 0 bridgehead atoms. The third kappa shape index (κ3) is 2.94. The van der Waals surface area contributed by atoms with Crippen LogP contribution >= 0.6 is 0 Å². The van der Waals surface area contributed by atoms with Gasteiger partial charge in [0, 0.05) is 31.6 Å². The van der Waals surface area contributed by atoms with Gasteiger partial charge in [0.2, 0.25) is 5.95 Å². The van der Waals surface area contributed by atoms with E-state index in [2.05, 4.69) is 20.3 Å². The van der Waals surface area contributed by atoms with Crippen LogP contribution in [0.2, 0.25) is 0 Å². The number of amides is 1. The Hall–Kier alpha value is -2.54. The zero-order valence-corrected chi connectivity index (χ0v) is 13.3. The number of ether oxygens (including phenoxy) is 1. The highest BCUT2D eigenvalue weighted by Gasteiger charge is 2.47. The molecule has 0 radical (unpaired) electrons. The number of aromatic nitrogens is 3. The van der Waals surface area contributed by atoms with Crippen LogP contribution in [0.5, 0.6) is 0 Å². The summed E-state index contributed by atoms with van der Waals surface area (Å²) in [7, 11) is 0. The SMILES string of the molecule is O=C(c1ccccn1)N1CC[C@]2(C[C@@H](Nc3ncccn3)CO2)C1. The quantitative estimate of drug-likeness (QED) is 0.918. The Balaban J connectivity index is 1.39. The van der Waals surface area contributed by atoms with Crippen molar-refractivity contribution < 1.29 is 9.53 Å². The zero-order valence-electron chi connectivity index (χ0n) is 13.3. The standard InChI is InChI=1S/C17H19N5O2/c23-15(14-4-1-2-6-18-14)22-9-5-17(12-22)10-13(11-24-17)21-16-19-7-3-8-20-16/h1-4,6-8,13H,5,9-12H2,(H,19,20,21)/t13-,17+/m1/s1. The Bertz CT molecular complexity index is 711. The third-order valence-electron chi connectivity index (χ3n) is 4.60. The highest BCUT2D eigenvalue weighted by Crippen LogP contribution is 2.36. The Kier molecular flexibility index (Phi) is 3.86. The molecular formula is C17H19N5O2. The largest absolute Gasteiger partial charge is 0.371 e. The number of anilines is 1. The van der Waals surface area contributed by atoms with Crippen molar-refractivity contribution in [2.24, 2.45) is 0 Å². The van der Waals surface area contributed by atoms with Crippen LogP contribution < -0.4 is 5.32 Å². The van der Waals surface area contributed by atoms with Gasteiger partial charge in [-0.15, -0.1) is 0 Å². The lowest BCUT2D eigenvalue weighted by Gasteiger charge is -2.23. The van der Waals surface area contributed by atoms with Gasteiger partial charge >= 0.3 is 0 Å². The number of nitrogens with one attached hydrogen (secondary N) is 1. The number of hydrogen-bond acceptors (Lipinski definition) is 6. The van der Waals surface area contributed by atoms with Crippen molar-refractivity contribution in [3.8, 4) is 0 Å². The summed E-state index contributed by atoms with van der Waals surface area (Å²) in [6.07, 6.45) is 6.76. The maximum Gasteiger partial charge on any atom is 0.272 e. The molecule has 1 spiro atoms. The molecule has 1 amide bonds. The van der Waals surface area contributed by atoms with Gasteiger partial charge in [-0.25, -0.2) is 9.97 Å². The van der Waals surface area contributed by atoms with Gasteiger partial charge in [-0.2, -0.15) is 0 Å². The molecule has 7 heteroatoms. The van der Waals surface area contributed by atoms with Crippen LogP contribution in [0.25, 0.3) is 0 Å². The van der Waals surface area contributed by atoms with Crippen LogP contribution in [0.15, 0.2) is 42.9 Å². The predicted molar refractivity (Wildman–Crippen MR) is 87.5 cm³/mol. The molecule has 1 N–H and O–H groups in total. The first-order chi connectivity index (χ1) is 11.7. The fraction of sp³-hybridized carbons (Fsp3) is 0.412. The van der Waals surface area contributed by atoms with Crippen LogP contribution in [0.1, 0.15) is 23.3 Å². The molecule has 2 atom stereocenters. The first kappa shape index (κ1) is 15.0. The Morgan fingerprint density at radius 2 is 2.04 bits per heavy atom. The van der Waals surface area contributed by atoms with E-state index in [1.54, 1.807) is 30.7 Å². The molecular weight excluding hydrogens is 306 g/mol. The first-order valence-corrected chi connectivity index (χ1v) is 8.12. The van der Waals surface area contributed by atoms with Gasteiger partial charge in [-0.3, -0.25) is 9.78 Å². The summed E-state index contributed by atoms with van der Waals surface area (Å²) in [5.74, 6) is 0.585. The van der Waals surface area contributed by atoms with Crippen molar-refractivity contribution in [2.45, 2.75) is 24.5 Å². The molecule has 124 valence electrons. The minimum atomic E-state index is -0.267. The number of likely N-dealkylation sites (tertiary alicyclic amines) is 1. The molecule has 0 saturated carbocycles.